The Bertz CT molecular complexity index is 474. The Labute approximate surface area is 114 Å². The fourth-order valence-electron chi connectivity index (χ4n) is 1.67. The molecule has 1 unspecified atom stereocenters. The number of hydrogen-bond acceptors (Lipinski definition) is 2. The largest absolute Gasteiger partial charge is 0.416 e. The van der Waals surface area contributed by atoms with Crippen LogP contribution in [0, 0.1) is 5.82 Å². The predicted octanol–water partition coefficient (Wildman–Crippen LogP) is 2.70. The molecule has 1 aromatic rings. The Morgan fingerprint density at radius 2 is 2.05 bits per heavy atom. The Hall–Kier alpha value is -1.63. The highest BCUT2D eigenvalue weighted by Gasteiger charge is 2.31. The third-order valence-corrected chi connectivity index (χ3v) is 2.72. The van der Waals surface area contributed by atoms with E-state index in [4.69, 9.17) is 5.73 Å². The normalized spacial score (nSPS) is 13.1. The molecule has 0 aromatic heterocycles. The average molecular weight is 292 g/mol. The molecule has 0 radical (unpaired) electrons. The van der Waals surface area contributed by atoms with E-state index in [1.54, 1.807) is 0 Å². The van der Waals surface area contributed by atoms with Crippen LogP contribution in [0.15, 0.2) is 18.2 Å². The maximum atomic E-state index is 13.4. The zero-order valence-electron chi connectivity index (χ0n) is 10.9. The minimum atomic E-state index is -4.62. The lowest BCUT2D eigenvalue weighted by atomic mass is 10.1. The molecule has 7 heteroatoms. The van der Waals surface area contributed by atoms with Crippen molar-refractivity contribution in [2.24, 2.45) is 5.73 Å². The maximum absolute atomic E-state index is 13.4. The van der Waals surface area contributed by atoms with Crippen molar-refractivity contribution >= 4 is 5.91 Å². The molecule has 20 heavy (non-hydrogen) atoms. The molecule has 1 aromatic carbocycles. The van der Waals surface area contributed by atoms with Gasteiger partial charge in [-0.25, -0.2) is 4.39 Å². The van der Waals surface area contributed by atoms with Gasteiger partial charge in [-0.2, -0.15) is 13.2 Å². The summed E-state index contributed by atoms with van der Waals surface area (Å²) >= 11 is 0. The van der Waals surface area contributed by atoms with Crippen molar-refractivity contribution in [1.82, 2.24) is 5.32 Å². The van der Waals surface area contributed by atoms with Gasteiger partial charge in [0, 0.05) is 12.6 Å². The Balaban J connectivity index is 2.82. The summed E-state index contributed by atoms with van der Waals surface area (Å²) in [5.41, 5.74) is 3.96. The Kier molecular flexibility index (Phi) is 5.50. The summed E-state index contributed by atoms with van der Waals surface area (Å²) in [5, 5.41) is 2.33. The standard InChI is InChI=1S/C13H16F4N2O/c1-2-3-9(18)7-19-12(20)10-6-8(13(15,16)17)4-5-11(10)14/h4-6,9H,2-3,7,18H2,1H3,(H,19,20). The summed E-state index contributed by atoms with van der Waals surface area (Å²) in [4.78, 5) is 11.7. The van der Waals surface area contributed by atoms with Gasteiger partial charge in [-0.05, 0) is 24.6 Å². The van der Waals surface area contributed by atoms with E-state index >= 15 is 0 Å². The smallest absolute Gasteiger partial charge is 0.350 e. The molecule has 0 aliphatic rings. The minimum absolute atomic E-state index is 0.0857. The molecule has 1 rings (SSSR count). The second kappa shape index (κ2) is 6.69. The van der Waals surface area contributed by atoms with E-state index in [0.29, 0.717) is 24.6 Å². The van der Waals surface area contributed by atoms with Gasteiger partial charge in [0.1, 0.15) is 5.82 Å². The van der Waals surface area contributed by atoms with Crippen LogP contribution >= 0.6 is 0 Å². The lowest BCUT2D eigenvalue weighted by molar-refractivity contribution is -0.137. The molecule has 1 atom stereocenters. The SMILES string of the molecule is CCCC(N)CNC(=O)c1cc(C(F)(F)F)ccc1F. The van der Waals surface area contributed by atoms with Gasteiger partial charge in [-0.15, -0.1) is 0 Å². The van der Waals surface area contributed by atoms with Gasteiger partial charge in [0.05, 0.1) is 11.1 Å². The second-order valence-corrected chi connectivity index (χ2v) is 4.45. The van der Waals surface area contributed by atoms with E-state index in [2.05, 4.69) is 5.32 Å². The number of halogens is 4. The fraction of sp³-hybridized carbons (Fsp3) is 0.462. The van der Waals surface area contributed by atoms with Crippen LogP contribution in [-0.2, 0) is 6.18 Å². The van der Waals surface area contributed by atoms with Crippen LogP contribution in [0.4, 0.5) is 17.6 Å². The van der Waals surface area contributed by atoms with E-state index < -0.39 is 29.0 Å². The van der Waals surface area contributed by atoms with Crippen molar-refractivity contribution in [1.29, 1.82) is 0 Å². The summed E-state index contributed by atoms with van der Waals surface area (Å²) in [5.74, 6) is -1.90. The predicted molar refractivity (Wildman–Crippen MR) is 66.6 cm³/mol. The Morgan fingerprint density at radius 3 is 2.60 bits per heavy atom. The number of alkyl halides is 3. The average Bonchev–Trinajstić information content (AvgIpc) is 2.35. The number of amides is 1. The molecule has 0 heterocycles. The quantitative estimate of drug-likeness (QED) is 0.820. The highest BCUT2D eigenvalue weighted by Crippen LogP contribution is 2.30. The number of nitrogens with two attached hydrogens (primary N) is 1. The van der Waals surface area contributed by atoms with Gasteiger partial charge >= 0.3 is 6.18 Å². The molecule has 0 aliphatic carbocycles. The second-order valence-electron chi connectivity index (χ2n) is 4.45. The van der Waals surface area contributed by atoms with E-state index in [1.807, 2.05) is 6.92 Å². The van der Waals surface area contributed by atoms with Gasteiger partial charge in [-0.3, -0.25) is 4.79 Å². The van der Waals surface area contributed by atoms with Gasteiger partial charge in [0.25, 0.3) is 5.91 Å². The highest BCUT2D eigenvalue weighted by molar-refractivity contribution is 5.94. The summed E-state index contributed by atoms with van der Waals surface area (Å²) in [6.45, 7) is 2.00. The number of hydrogen-bond donors (Lipinski definition) is 2. The number of nitrogens with one attached hydrogen (secondary N) is 1. The first-order chi connectivity index (χ1) is 9.25. The number of carbonyl (C=O) groups excluding carboxylic acids is 1. The van der Waals surface area contributed by atoms with Crippen molar-refractivity contribution in [3.05, 3.63) is 35.1 Å². The monoisotopic (exact) mass is 292 g/mol. The van der Waals surface area contributed by atoms with Crippen molar-refractivity contribution < 1.29 is 22.4 Å². The molecule has 1 amide bonds. The van der Waals surface area contributed by atoms with Crippen molar-refractivity contribution in [2.75, 3.05) is 6.54 Å². The molecule has 3 N–H and O–H groups in total. The molecule has 0 aliphatic heterocycles. The lowest BCUT2D eigenvalue weighted by Gasteiger charge is -2.13. The van der Waals surface area contributed by atoms with E-state index in [1.165, 1.54) is 0 Å². The highest BCUT2D eigenvalue weighted by atomic mass is 19.4. The van der Waals surface area contributed by atoms with E-state index in [0.717, 1.165) is 6.42 Å². The van der Waals surface area contributed by atoms with Gasteiger partial charge in [0.2, 0.25) is 0 Å². The molecule has 3 nitrogen and oxygen atoms in total. The summed E-state index contributed by atoms with van der Waals surface area (Å²) in [6.07, 6.45) is -3.15. The summed E-state index contributed by atoms with van der Waals surface area (Å²) in [6, 6.07) is 1.41. The van der Waals surface area contributed by atoms with Crippen molar-refractivity contribution in [3.63, 3.8) is 0 Å². The third-order valence-electron chi connectivity index (χ3n) is 2.72. The van der Waals surface area contributed by atoms with Crippen LogP contribution in [0.1, 0.15) is 35.7 Å². The molecule has 0 fully saturated rings. The summed E-state index contributed by atoms with van der Waals surface area (Å²) < 4.78 is 50.9. The first-order valence-corrected chi connectivity index (χ1v) is 6.16. The number of carbonyl (C=O) groups is 1. The van der Waals surface area contributed by atoms with Crippen LogP contribution in [0.2, 0.25) is 0 Å². The zero-order valence-corrected chi connectivity index (χ0v) is 10.9. The minimum Gasteiger partial charge on any atom is -0.350 e. The first kappa shape index (κ1) is 16.4. The molecular formula is C13H16F4N2O. The van der Waals surface area contributed by atoms with Gasteiger partial charge in [-0.1, -0.05) is 13.3 Å². The fourth-order valence-corrected chi connectivity index (χ4v) is 1.67. The van der Waals surface area contributed by atoms with E-state index in [-0.39, 0.29) is 12.6 Å². The van der Waals surface area contributed by atoms with Crippen molar-refractivity contribution in [3.8, 4) is 0 Å². The van der Waals surface area contributed by atoms with Crippen LogP contribution in [-0.4, -0.2) is 18.5 Å². The molecule has 0 saturated carbocycles. The van der Waals surface area contributed by atoms with Crippen LogP contribution in [0.25, 0.3) is 0 Å². The van der Waals surface area contributed by atoms with Crippen LogP contribution in [0.5, 0.6) is 0 Å². The van der Waals surface area contributed by atoms with Gasteiger partial charge < -0.3 is 11.1 Å². The number of rotatable bonds is 5. The maximum Gasteiger partial charge on any atom is 0.416 e. The van der Waals surface area contributed by atoms with E-state index in [9.17, 15) is 22.4 Å². The summed E-state index contributed by atoms with van der Waals surface area (Å²) in [7, 11) is 0. The molecule has 0 saturated heterocycles. The molecular weight excluding hydrogens is 276 g/mol. The number of benzene rings is 1. The molecule has 112 valence electrons. The molecule has 0 bridgehead atoms. The Morgan fingerprint density at radius 1 is 1.40 bits per heavy atom. The first-order valence-electron chi connectivity index (χ1n) is 6.16. The molecule has 0 spiro atoms. The van der Waals surface area contributed by atoms with Gasteiger partial charge in [0.15, 0.2) is 0 Å². The van der Waals surface area contributed by atoms with Crippen LogP contribution in [0.3, 0.4) is 0 Å². The zero-order chi connectivity index (χ0) is 15.3. The van der Waals surface area contributed by atoms with Crippen molar-refractivity contribution in [2.45, 2.75) is 32.0 Å². The lowest BCUT2D eigenvalue weighted by Crippen LogP contribution is -2.37. The third kappa shape index (κ3) is 4.48. The topological polar surface area (TPSA) is 55.1 Å². The van der Waals surface area contributed by atoms with Crippen LogP contribution < -0.4 is 11.1 Å².